The third-order valence-electron chi connectivity index (χ3n) is 2.06. The van der Waals surface area contributed by atoms with Crippen molar-refractivity contribution in [1.82, 2.24) is 0 Å². The monoisotopic (exact) mass is 318 g/mol. The van der Waals surface area contributed by atoms with Crippen LogP contribution in [-0.4, -0.2) is 17.2 Å². The highest BCUT2D eigenvalue weighted by molar-refractivity contribution is 14.1. The molecule has 2 rings (SSSR count). The average Bonchev–Trinajstić information content (AvgIpc) is 2.47. The van der Waals surface area contributed by atoms with E-state index in [4.69, 9.17) is 0 Å². The van der Waals surface area contributed by atoms with E-state index in [0.29, 0.717) is 5.46 Å². The molecule has 0 saturated heterocycles. The Morgan fingerprint density at radius 3 is 2.71 bits per heavy atom. The number of thiophene rings is 1. The lowest BCUT2D eigenvalue weighted by Crippen LogP contribution is -2.29. The highest BCUT2D eigenvalue weighted by atomic mass is 127. The number of rotatable bonds is 1. The number of fused-ring (bicyclic) bond motifs is 1. The quantitative estimate of drug-likeness (QED) is 0.618. The predicted molar refractivity (Wildman–Crippen MR) is 69.1 cm³/mol. The molecule has 0 aliphatic rings. The molecule has 0 radical (unpaired) electrons. The second-order valence-electron chi connectivity index (χ2n) is 3.11. The molecule has 0 saturated carbocycles. The highest BCUT2D eigenvalue weighted by Crippen LogP contribution is 2.27. The van der Waals surface area contributed by atoms with Crippen LogP contribution in [-0.2, 0) is 0 Å². The lowest BCUT2D eigenvalue weighted by atomic mass is 9.80. The largest absolute Gasteiger partial charge is 0.489 e. The predicted octanol–water partition coefficient (Wildman–Crippen LogP) is 1.49. The fourth-order valence-corrected chi connectivity index (χ4v) is 3.29. The van der Waals surface area contributed by atoms with E-state index in [1.165, 1.54) is 4.88 Å². The van der Waals surface area contributed by atoms with Crippen LogP contribution in [0.5, 0.6) is 0 Å². The number of benzene rings is 1. The lowest BCUT2D eigenvalue weighted by Gasteiger charge is -2.02. The summed E-state index contributed by atoms with van der Waals surface area (Å²) in [6.07, 6.45) is 0. The molecular formula is C9H8BIO2S. The summed E-state index contributed by atoms with van der Waals surface area (Å²) in [6, 6.07) is 5.75. The van der Waals surface area contributed by atoms with Crippen molar-refractivity contribution < 1.29 is 10.0 Å². The van der Waals surface area contributed by atoms with Crippen molar-refractivity contribution in [2.75, 3.05) is 0 Å². The van der Waals surface area contributed by atoms with Crippen LogP contribution in [0.15, 0.2) is 18.2 Å². The van der Waals surface area contributed by atoms with Gasteiger partial charge in [0.2, 0.25) is 0 Å². The molecule has 0 spiro atoms. The molecule has 0 unspecified atom stereocenters. The van der Waals surface area contributed by atoms with Crippen molar-refractivity contribution in [3.05, 3.63) is 26.6 Å². The fourth-order valence-electron chi connectivity index (χ4n) is 1.44. The molecule has 0 aliphatic heterocycles. The van der Waals surface area contributed by atoms with E-state index >= 15 is 0 Å². The first-order valence-corrected chi connectivity index (χ1v) is 6.04. The van der Waals surface area contributed by atoms with Gasteiger partial charge in [-0.05, 0) is 47.1 Å². The standard InChI is InChI=1S/C9H8BIO2S/c1-5-4-6-8(11)3-2-7(10(12)13)9(6)14-5/h2-4,12-13H,1H3. The molecule has 0 atom stereocenters. The minimum atomic E-state index is -1.38. The van der Waals surface area contributed by atoms with Gasteiger partial charge in [0.15, 0.2) is 0 Å². The molecule has 0 fully saturated rings. The van der Waals surface area contributed by atoms with Crippen LogP contribution < -0.4 is 5.46 Å². The first kappa shape index (κ1) is 10.4. The Hall–Kier alpha value is -0.105. The molecule has 0 amide bonds. The molecule has 0 aliphatic carbocycles. The zero-order chi connectivity index (χ0) is 10.3. The third kappa shape index (κ3) is 1.69. The van der Waals surface area contributed by atoms with Crippen molar-refractivity contribution in [2.24, 2.45) is 0 Å². The maximum absolute atomic E-state index is 9.18. The van der Waals surface area contributed by atoms with Gasteiger partial charge in [-0.15, -0.1) is 11.3 Å². The molecule has 2 N–H and O–H groups in total. The van der Waals surface area contributed by atoms with Gasteiger partial charge in [-0.2, -0.15) is 0 Å². The number of hydrogen-bond acceptors (Lipinski definition) is 3. The minimum absolute atomic E-state index is 0.596. The summed E-state index contributed by atoms with van der Waals surface area (Å²) in [5.41, 5.74) is 0.596. The van der Waals surface area contributed by atoms with E-state index < -0.39 is 7.12 Å². The van der Waals surface area contributed by atoms with Crippen molar-refractivity contribution in [3.63, 3.8) is 0 Å². The van der Waals surface area contributed by atoms with E-state index in [0.717, 1.165) is 13.7 Å². The van der Waals surface area contributed by atoms with Crippen LogP contribution in [0.1, 0.15) is 4.88 Å². The van der Waals surface area contributed by atoms with Crippen LogP contribution in [0.4, 0.5) is 0 Å². The molecule has 0 bridgehead atoms. The van der Waals surface area contributed by atoms with Crippen LogP contribution in [0.2, 0.25) is 0 Å². The average molecular weight is 318 g/mol. The lowest BCUT2D eigenvalue weighted by molar-refractivity contribution is 0.426. The molecule has 2 aromatic rings. The molecule has 2 nitrogen and oxygen atoms in total. The van der Waals surface area contributed by atoms with Crippen LogP contribution >= 0.6 is 33.9 Å². The van der Waals surface area contributed by atoms with Gasteiger partial charge in [0.05, 0.1) is 0 Å². The van der Waals surface area contributed by atoms with Crippen molar-refractivity contribution in [1.29, 1.82) is 0 Å². The van der Waals surface area contributed by atoms with Crippen molar-refractivity contribution >= 4 is 56.6 Å². The summed E-state index contributed by atoms with van der Waals surface area (Å²) in [5.74, 6) is 0. The highest BCUT2D eigenvalue weighted by Gasteiger charge is 2.17. The normalized spacial score (nSPS) is 10.9. The van der Waals surface area contributed by atoms with Gasteiger partial charge >= 0.3 is 7.12 Å². The molecule has 1 heterocycles. The van der Waals surface area contributed by atoms with Gasteiger partial charge in [-0.1, -0.05) is 6.07 Å². The van der Waals surface area contributed by atoms with E-state index in [9.17, 15) is 10.0 Å². The second-order valence-corrected chi connectivity index (χ2v) is 5.53. The van der Waals surface area contributed by atoms with Crippen LogP contribution in [0.25, 0.3) is 10.1 Å². The maximum atomic E-state index is 9.18. The van der Waals surface area contributed by atoms with Gasteiger partial charge in [-0.25, -0.2) is 0 Å². The summed E-state index contributed by atoms with van der Waals surface area (Å²) in [5, 5.41) is 19.5. The number of halogens is 1. The zero-order valence-electron chi connectivity index (χ0n) is 7.49. The Morgan fingerprint density at radius 2 is 2.07 bits per heavy atom. The SMILES string of the molecule is Cc1cc2c(I)ccc(B(O)O)c2s1. The van der Waals surface area contributed by atoms with Crippen molar-refractivity contribution in [3.8, 4) is 0 Å². The van der Waals surface area contributed by atoms with E-state index in [-0.39, 0.29) is 0 Å². The van der Waals surface area contributed by atoms with Gasteiger partial charge in [-0.3, -0.25) is 0 Å². The van der Waals surface area contributed by atoms with E-state index in [2.05, 4.69) is 28.7 Å². The Bertz CT molecular complexity index is 481. The second kappa shape index (κ2) is 3.81. The molecular weight excluding hydrogens is 310 g/mol. The van der Waals surface area contributed by atoms with E-state index in [1.54, 1.807) is 17.4 Å². The molecule has 72 valence electrons. The number of aryl methyl sites for hydroxylation is 1. The van der Waals surface area contributed by atoms with Crippen LogP contribution in [0.3, 0.4) is 0 Å². The minimum Gasteiger partial charge on any atom is -0.423 e. The van der Waals surface area contributed by atoms with Gasteiger partial charge < -0.3 is 10.0 Å². The first-order valence-electron chi connectivity index (χ1n) is 4.14. The Balaban J connectivity index is 2.81. The summed E-state index contributed by atoms with van der Waals surface area (Å²) >= 11 is 3.85. The summed E-state index contributed by atoms with van der Waals surface area (Å²) in [7, 11) is -1.38. The summed E-state index contributed by atoms with van der Waals surface area (Å²) in [4.78, 5) is 1.19. The fraction of sp³-hybridized carbons (Fsp3) is 0.111. The van der Waals surface area contributed by atoms with Crippen molar-refractivity contribution in [2.45, 2.75) is 6.92 Å². The maximum Gasteiger partial charge on any atom is 0.489 e. The third-order valence-corrected chi connectivity index (χ3v) is 4.10. The smallest absolute Gasteiger partial charge is 0.423 e. The van der Waals surface area contributed by atoms with Gasteiger partial charge in [0.25, 0.3) is 0 Å². The Kier molecular flexibility index (Phi) is 2.83. The summed E-state index contributed by atoms with van der Waals surface area (Å²) in [6.45, 7) is 2.02. The van der Waals surface area contributed by atoms with E-state index in [1.807, 2.05) is 13.0 Å². The molecule has 1 aromatic carbocycles. The first-order chi connectivity index (χ1) is 6.59. The Labute approximate surface area is 99.9 Å². The van der Waals surface area contributed by atoms with Crippen LogP contribution in [0, 0.1) is 10.5 Å². The number of hydrogen-bond donors (Lipinski definition) is 2. The Morgan fingerprint density at radius 1 is 1.36 bits per heavy atom. The van der Waals surface area contributed by atoms with Gasteiger partial charge in [0.1, 0.15) is 0 Å². The molecule has 1 aromatic heterocycles. The summed E-state index contributed by atoms with van der Waals surface area (Å²) < 4.78 is 2.12. The van der Waals surface area contributed by atoms with Gasteiger partial charge in [0, 0.05) is 18.5 Å². The molecule has 14 heavy (non-hydrogen) atoms. The zero-order valence-corrected chi connectivity index (χ0v) is 10.5. The topological polar surface area (TPSA) is 40.5 Å². The molecule has 5 heteroatoms.